The molecule has 1 aromatic carbocycles. The van der Waals surface area contributed by atoms with Gasteiger partial charge in [0.1, 0.15) is 17.1 Å². The molecule has 2 aromatic rings. The van der Waals surface area contributed by atoms with Gasteiger partial charge in [-0.3, -0.25) is 9.48 Å². The number of methoxy groups -OCH3 is 1. The van der Waals surface area contributed by atoms with Crippen LogP contribution in [-0.2, 0) is 13.0 Å². The van der Waals surface area contributed by atoms with Crippen molar-refractivity contribution in [2.75, 3.05) is 12.8 Å². The Labute approximate surface area is 124 Å². The summed E-state index contributed by atoms with van der Waals surface area (Å²) in [5, 5.41) is 0. The van der Waals surface area contributed by atoms with E-state index in [0.717, 1.165) is 37.2 Å². The first-order valence-electron chi connectivity index (χ1n) is 7.39. The minimum absolute atomic E-state index is 0.170. The SMILES string of the molecule is CCCc1c(N)c(=O)n(-c2ccccc2OC)n1CCC. The molecule has 5 nitrogen and oxygen atoms in total. The third-order valence-electron chi connectivity index (χ3n) is 3.52. The Morgan fingerprint density at radius 1 is 1.19 bits per heavy atom. The summed E-state index contributed by atoms with van der Waals surface area (Å²) in [4.78, 5) is 12.6. The van der Waals surface area contributed by atoms with E-state index in [4.69, 9.17) is 10.5 Å². The fourth-order valence-electron chi connectivity index (χ4n) is 2.60. The number of ether oxygens (including phenoxy) is 1. The van der Waals surface area contributed by atoms with Crippen LogP contribution in [0, 0.1) is 0 Å². The Hall–Kier alpha value is -2.17. The molecule has 0 spiro atoms. The lowest BCUT2D eigenvalue weighted by Gasteiger charge is -2.16. The highest BCUT2D eigenvalue weighted by Crippen LogP contribution is 2.23. The van der Waals surface area contributed by atoms with E-state index >= 15 is 0 Å². The number of aromatic nitrogens is 2. The van der Waals surface area contributed by atoms with Crippen molar-refractivity contribution in [2.45, 2.75) is 39.7 Å². The zero-order valence-electron chi connectivity index (χ0n) is 12.9. The van der Waals surface area contributed by atoms with Gasteiger partial charge in [0, 0.05) is 6.54 Å². The molecule has 5 heteroatoms. The van der Waals surface area contributed by atoms with E-state index in [0.29, 0.717) is 11.4 Å². The number of hydrogen-bond donors (Lipinski definition) is 1. The van der Waals surface area contributed by atoms with E-state index in [1.165, 1.54) is 0 Å². The molecular weight excluding hydrogens is 266 g/mol. The largest absolute Gasteiger partial charge is 0.494 e. The first-order chi connectivity index (χ1) is 10.2. The van der Waals surface area contributed by atoms with Gasteiger partial charge in [-0.25, -0.2) is 4.68 Å². The molecule has 0 saturated carbocycles. The van der Waals surface area contributed by atoms with Crippen LogP contribution in [0.1, 0.15) is 32.4 Å². The maximum Gasteiger partial charge on any atom is 0.294 e. The van der Waals surface area contributed by atoms with Crippen molar-refractivity contribution in [3.8, 4) is 11.4 Å². The third kappa shape index (κ3) is 2.68. The average molecular weight is 289 g/mol. The molecule has 114 valence electrons. The number of nitrogens with two attached hydrogens (primary N) is 1. The van der Waals surface area contributed by atoms with E-state index in [9.17, 15) is 4.79 Å². The van der Waals surface area contributed by atoms with Crippen LogP contribution in [0.4, 0.5) is 5.69 Å². The Morgan fingerprint density at radius 3 is 2.52 bits per heavy atom. The molecule has 2 N–H and O–H groups in total. The van der Waals surface area contributed by atoms with Gasteiger partial charge in [-0.05, 0) is 25.0 Å². The second kappa shape index (κ2) is 6.52. The van der Waals surface area contributed by atoms with Crippen LogP contribution in [0.5, 0.6) is 5.75 Å². The van der Waals surface area contributed by atoms with Gasteiger partial charge in [-0.1, -0.05) is 32.4 Å². The first-order valence-corrected chi connectivity index (χ1v) is 7.39. The lowest BCUT2D eigenvalue weighted by Crippen LogP contribution is -2.23. The van der Waals surface area contributed by atoms with Gasteiger partial charge >= 0.3 is 0 Å². The van der Waals surface area contributed by atoms with Gasteiger partial charge in [0.25, 0.3) is 5.56 Å². The highest BCUT2D eigenvalue weighted by molar-refractivity contribution is 5.51. The van der Waals surface area contributed by atoms with Crippen molar-refractivity contribution in [1.29, 1.82) is 0 Å². The molecule has 0 unspecified atom stereocenters. The minimum Gasteiger partial charge on any atom is -0.494 e. The number of nitrogen functional groups attached to an aromatic ring is 1. The van der Waals surface area contributed by atoms with Gasteiger partial charge in [0.2, 0.25) is 0 Å². The number of benzene rings is 1. The topological polar surface area (TPSA) is 62.2 Å². The molecule has 0 atom stereocenters. The van der Waals surface area contributed by atoms with Crippen LogP contribution in [-0.4, -0.2) is 16.5 Å². The predicted molar refractivity (Wildman–Crippen MR) is 85.3 cm³/mol. The molecule has 0 aliphatic rings. The maximum atomic E-state index is 12.6. The number of rotatable bonds is 6. The van der Waals surface area contributed by atoms with Crippen molar-refractivity contribution >= 4 is 5.69 Å². The summed E-state index contributed by atoms with van der Waals surface area (Å²) in [6, 6.07) is 7.50. The second-order valence-electron chi connectivity index (χ2n) is 5.02. The van der Waals surface area contributed by atoms with Gasteiger partial charge in [-0.15, -0.1) is 0 Å². The summed E-state index contributed by atoms with van der Waals surface area (Å²) in [7, 11) is 1.60. The quantitative estimate of drug-likeness (QED) is 0.889. The zero-order chi connectivity index (χ0) is 15.4. The molecule has 0 bridgehead atoms. The number of hydrogen-bond acceptors (Lipinski definition) is 3. The van der Waals surface area contributed by atoms with Crippen LogP contribution in [0.15, 0.2) is 29.1 Å². The molecule has 0 radical (unpaired) electrons. The van der Waals surface area contributed by atoms with E-state index < -0.39 is 0 Å². The van der Waals surface area contributed by atoms with Crippen LogP contribution in [0.2, 0.25) is 0 Å². The highest BCUT2D eigenvalue weighted by atomic mass is 16.5. The van der Waals surface area contributed by atoms with Crippen molar-refractivity contribution in [1.82, 2.24) is 9.36 Å². The van der Waals surface area contributed by atoms with Crippen LogP contribution < -0.4 is 16.0 Å². The summed E-state index contributed by atoms with van der Waals surface area (Å²) >= 11 is 0. The van der Waals surface area contributed by atoms with Gasteiger partial charge in [0.05, 0.1) is 12.8 Å². The first kappa shape index (κ1) is 15.2. The number of anilines is 1. The number of para-hydroxylation sites is 2. The van der Waals surface area contributed by atoms with E-state index in [2.05, 4.69) is 13.8 Å². The Kier molecular flexibility index (Phi) is 4.73. The lowest BCUT2D eigenvalue weighted by atomic mass is 10.2. The maximum absolute atomic E-state index is 12.6. The summed E-state index contributed by atoms with van der Waals surface area (Å²) in [6.07, 6.45) is 2.67. The summed E-state index contributed by atoms with van der Waals surface area (Å²) in [5.74, 6) is 0.664. The molecular formula is C16H23N3O2. The highest BCUT2D eigenvalue weighted by Gasteiger charge is 2.19. The zero-order valence-corrected chi connectivity index (χ0v) is 12.9. The molecule has 0 aliphatic carbocycles. The van der Waals surface area contributed by atoms with Crippen molar-refractivity contribution < 1.29 is 4.74 Å². The van der Waals surface area contributed by atoms with Crippen LogP contribution >= 0.6 is 0 Å². The predicted octanol–water partition coefficient (Wildman–Crippen LogP) is 2.59. The van der Waals surface area contributed by atoms with Crippen LogP contribution in [0.3, 0.4) is 0 Å². The summed E-state index contributed by atoms with van der Waals surface area (Å²) < 4.78 is 9.01. The van der Waals surface area contributed by atoms with Gasteiger partial charge < -0.3 is 10.5 Å². The number of nitrogens with zero attached hydrogens (tertiary/aromatic N) is 2. The Balaban J connectivity index is 2.73. The van der Waals surface area contributed by atoms with Crippen molar-refractivity contribution in [2.24, 2.45) is 0 Å². The third-order valence-corrected chi connectivity index (χ3v) is 3.52. The normalized spacial score (nSPS) is 10.8. The van der Waals surface area contributed by atoms with Gasteiger partial charge in [0.15, 0.2) is 0 Å². The second-order valence-corrected chi connectivity index (χ2v) is 5.02. The molecule has 0 saturated heterocycles. The molecule has 21 heavy (non-hydrogen) atoms. The fourth-order valence-corrected chi connectivity index (χ4v) is 2.60. The Morgan fingerprint density at radius 2 is 1.90 bits per heavy atom. The minimum atomic E-state index is -0.170. The molecule has 2 rings (SSSR count). The molecule has 0 fully saturated rings. The molecule has 0 aliphatic heterocycles. The average Bonchev–Trinajstić information content (AvgIpc) is 2.73. The monoisotopic (exact) mass is 289 g/mol. The van der Waals surface area contributed by atoms with Crippen LogP contribution in [0.25, 0.3) is 5.69 Å². The molecule has 1 aromatic heterocycles. The van der Waals surface area contributed by atoms with Crippen molar-refractivity contribution in [3.05, 3.63) is 40.3 Å². The smallest absolute Gasteiger partial charge is 0.294 e. The molecule has 0 amide bonds. The summed E-state index contributed by atoms with van der Waals surface area (Å²) in [5.41, 5.74) is 7.87. The summed E-state index contributed by atoms with van der Waals surface area (Å²) in [6.45, 7) is 4.92. The van der Waals surface area contributed by atoms with Crippen molar-refractivity contribution in [3.63, 3.8) is 0 Å². The Bertz CT molecular complexity index is 671. The van der Waals surface area contributed by atoms with E-state index in [-0.39, 0.29) is 5.56 Å². The fraction of sp³-hybridized carbons (Fsp3) is 0.438. The van der Waals surface area contributed by atoms with E-state index in [1.54, 1.807) is 11.8 Å². The molecule has 1 heterocycles. The lowest BCUT2D eigenvalue weighted by molar-refractivity contribution is 0.405. The standard InChI is InChI=1S/C16H23N3O2/c1-4-8-13-15(17)16(20)19(18(13)11-5-2)12-9-6-7-10-14(12)21-3/h6-7,9-10H,4-5,8,11,17H2,1-3H3. The van der Waals surface area contributed by atoms with Gasteiger partial charge in [-0.2, -0.15) is 0 Å². The van der Waals surface area contributed by atoms with E-state index in [1.807, 2.05) is 28.9 Å².